The van der Waals surface area contributed by atoms with Crippen molar-refractivity contribution in [3.05, 3.63) is 35.9 Å². The Morgan fingerprint density at radius 2 is 1.53 bits per heavy atom. The lowest BCUT2D eigenvalue weighted by Gasteiger charge is -2.48. The fourth-order valence-electron chi connectivity index (χ4n) is 3.84. The van der Waals surface area contributed by atoms with Gasteiger partial charge in [0.15, 0.2) is 24.8 Å². The van der Waals surface area contributed by atoms with Crippen molar-refractivity contribution < 1.29 is 38.0 Å². The third-order valence-electron chi connectivity index (χ3n) is 5.27. The molecule has 2 fully saturated rings. The smallest absolute Gasteiger partial charge is 0.306 e. The Labute approximate surface area is 189 Å². The number of ether oxygens (including phenoxy) is 6. The van der Waals surface area contributed by atoms with Gasteiger partial charge in [0.2, 0.25) is 0 Å². The molecule has 1 unspecified atom stereocenters. The largest absolute Gasteiger partial charge is 0.455 e. The first kappa shape index (κ1) is 24.6. The van der Waals surface area contributed by atoms with Crippen molar-refractivity contribution in [1.82, 2.24) is 0 Å². The molecule has 2 saturated heterocycles. The summed E-state index contributed by atoms with van der Waals surface area (Å²) in [6.45, 7) is 7.93. The predicted octanol–water partition coefficient (Wildman–Crippen LogP) is 3.39. The fraction of sp³-hybridized carbons (Fsp3) is 0.667. The van der Waals surface area contributed by atoms with Crippen LogP contribution >= 0.6 is 0 Å². The molecule has 0 aromatic heterocycles. The Kier molecular flexibility index (Phi) is 8.64. The Morgan fingerprint density at radius 3 is 2.09 bits per heavy atom. The number of hydrogen-bond acceptors (Lipinski definition) is 8. The minimum atomic E-state index is -0.960. The van der Waals surface area contributed by atoms with E-state index in [-0.39, 0.29) is 31.3 Å². The second-order valence-corrected chi connectivity index (χ2v) is 9.06. The van der Waals surface area contributed by atoms with Gasteiger partial charge in [-0.3, -0.25) is 9.59 Å². The molecule has 0 saturated carbocycles. The second-order valence-electron chi connectivity index (χ2n) is 9.06. The average Bonchev–Trinajstić information content (AvgIpc) is 2.74. The lowest BCUT2D eigenvalue weighted by molar-refractivity contribution is -0.359. The summed E-state index contributed by atoms with van der Waals surface area (Å²) in [5.74, 6) is -0.571. The van der Waals surface area contributed by atoms with Crippen LogP contribution in [0.4, 0.5) is 0 Å². The van der Waals surface area contributed by atoms with Crippen LogP contribution in [0, 0.1) is 11.8 Å². The van der Waals surface area contributed by atoms with Gasteiger partial charge in [-0.1, -0.05) is 58.0 Å². The molecule has 0 radical (unpaired) electrons. The summed E-state index contributed by atoms with van der Waals surface area (Å²) in [7, 11) is 1.46. The van der Waals surface area contributed by atoms with Crippen LogP contribution in [0.25, 0.3) is 0 Å². The maximum absolute atomic E-state index is 12.6. The van der Waals surface area contributed by atoms with E-state index in [2.05, 4.69) is 0 Å². The molecule has 0 N–H and O–H groups in total. The van der Waals surface area contributed by atoms with Gasteiger partial charge in [-0.2, -0.15) is 0 Å². The lowest BCUT2D eigenvalue weighted by atomic mass is 9.97. The predicted molar refractivity (Wildman–Crippen MR) is 114 cm³/mol. The van der Waals surface area contributed by atoms with Crippen LogP contribution in [-0.2, 0) is 38.0 Å². The van der Waals surface area contributed by atoms with Crippen LogP contribution in [0.3, 0.4) is 0 Å². The summed E-state index contributed by atoms with van der Waals surface area (Å²) in [5, 5.41) is 0. The zero-order valence-corrected chi connectivity index (χ0v) is 19.4. The second kappa shape index (κ2) is 11.2. The lowest BCUT2D eigenvalue weighted by Crippen LogP contribution is -2.64. The van der Waals surface area contributed by atoms with E-state index in [0.29, 0.717) is 0 Å². The van der Waals surface area contributed by atoms with E-state index in [9.17, 15) is 9.59 Å². The van der Waals surface area contributed by atoms with Gasteiger partial charge in [0, 0.05) is 25.5 Å². The van der Waals surface area contributed by atoms with E-state index in [1.165, 1.54) is 7.11 Å². The maximum Gasteiger partial charge on any atom is 0.306 e. The molecule has 0 amide bonds. The van der Waals surface area contributed by atoms with Crippen molar-refractivity contribution in [3.63, 3.8) is 0 Å². The van der Waals surface area contributed by atoms with Gasteiger partial charge in [0.05, 0.1) is 6.61 Å². The highest BCUT2D eigenvalue weighted by Crippen LogP contribution is 2.37. The summed E-state index contributed by atoms with van der Waals surface area (Å²) in [4.78, 5) is 25.1. The molecule has 2 aliphatic heterocycles. The third-order valence-corrected chi connectivity index (χ3v) is 5.27. The van der Waals surface area contributed by atoms with E-state index < -0.39 is 48.9 Å². The molecule has 8 nitrogen and oxygen atoms in total. The standard InChI is InChI=1S/C24H34O8/c1-14(2)11-18(25)30-21-20-17(13-28-23(32-20)16-9-7-6-8-10-16)29-24(27-5)22(21)31-19(26)12-15(3)4/h6-10,14-15,17,20-24H,11-13H2,1-5H3/t17-,20-,21+,22-,23?,24+/m1/s1. The van der Waals surface area contributed by atoms with Crippen molar-refractivity contribution in [2.45, 2.75) is 77.5 Å². The number of fused-ring (bicyclic) bond motifs is 1. The highest BCUT2D eigenvalue weighted by atomic mass is 16.8. The number of carbonyl (C=O) groups excluding carboxylic acids is 2. The van der Waals surface area contributed by atoms with Crippen LogP contribution in [-0.4, -0.2) is 56.4 Å². The van der Waals surface area contributed by atoms with Crippen LogP contribution in [0.2, 0.25) is 0 Å². The Morgan fingerprint density at radius 1 is 0.938 bits per heavy atom. The van der Waals surface area contributed by atoms with Crippen LogP contribution in [0.5, 0.6) is 0 Å². The van der Waals surface area contributed by atoms with E-state index >= 15 is 0 Å². The van der Waals surface area contributed by atoms with Crippen molar-refractivity contribution in [3.8, 4) is 0 Å². The van der Waals surface area contributed by atoms with Crippen LogP contribution < -0.4 is 0 Å². The highest BCUT2D eigenvalue weighted by Gasteiger charge is 2.54. The minimum Gasteiger partial charge on any atom is -0.455 e. The first-order chi connectivity index (χ1) is 15.3. The molecular weight excluding hydrogens is 416 g/mol. The Bertz CT molecular complexity index is 750. The van der Waals surface area contributed by atoms with Crippen molar-refractivity contribution in [2.75, 3.05) is 13.7 Å². The van der Waals surface area contributed by atoms with Gasteiger partial charge in [-0.05, 0) is 11.8 Å². The summed E-state index contributed by atoms with van der Waals surface area (Å²) in [6, 6.07) is 9.48. The molecule has 1 aromatic carbocycles. The summed E-state index contributed by atoms with van der Waals surface area (Å²) < 4.78 is 35.1. The number of hydrogen-bond donors (Lipinski definition) is 0. The zero-order chi connectivity index (χ0) is 23.3. The number of methoxy groups -OCH3 is 1. The first-order valence-electron chi connectivity index (χ1n) is 11.2. The van der Waals surface area contributed by atoms with Gasteiger partial charge in [-0.15, -0.1) is 0 Å². The van der Waals surface area contributed by atoms with Crippen molar-refractivity contribution >= 4 is 11.9 Å². The molecule has 6 atom stereocenters. The molecule has 32 heavy (non-hydrogen) atoms. The van der Waals surface area contributed by atoms with Crippen LogP contribution in [0.1, 0.15) is 52.4 Å². The van der Waals surface area contributed by atoms with Crippen molar-refractivity contribution in [2.24, 2.45) is 11.8 Å². The number of rotatable bonds is 8. The van der Waals surface area contributed by atoms with Gasteiger partial charge in [-0.25, -0.2) is 0 Å². The maximum atomic E-state index is 12.6. The van der Waals surface area contributed by atoms with E-state index in [0.717, 1.165) is 5.56 Å². The molecule has 8 heteroatoms. The number of esters is 2. The summed E-state index contributed by atoms with van der Waals surface area (Å²) in [5.41, 5.74) is 0.834. The molecule has 1 aromatic rings. The average molecular weight is 451 g/mol. The van der Waals surface area contributed by atoms with Gasteiger partial charge < -0.3 is 28.4 Å². The molecule has 0 aliphatic carbocycles. The molecule has 2 aliphatic rings. The third kappa shape index (κ3) is 6.28. The molecule has 2 heterocycles. The molecule has 3 rings (SSSR count). The van der Waals surface area contributed by atoms with Crippen molar-refractivity contribution in [1.29, 1.82) is 0 Å². The Hall–Kier alpha value is -2.00. The number of carbonyl (C=O) groups is 2. The zero-order valence-electron chi connectivity index (χ0n) is 19.4. The van der Waals surface area contributed by atoms with Gasteiger partial charge >= 0.3 is 11.9 Å². The molecule has 0 bridgehead atoms. The highest BCUT2D eigenvalue weighted by molar-refractivity contribution is 5.71. The normalized spacial score (nSPS) is 30.1. The molecular formula is C24H34O8. The molecule has 0 spiro atoms. The molecule has 178 valence electrons. The van der Waals surface area contributed by atoms with E-state index in [1.54, 1.807) is 0 Å². The number of benzene rings is 1. The minimum absolute atomic E-state index is 0.115. The van der Waals surface area contributed by atoms with Gasteiger partial charge in [0.25, 0.3) is 0 Å². The van der Waals surface area contributed by atoms with Gasteiger partial charge in [0.1, 0.15) is 12.2 Å². The quantitative estimate of drug-likeness (QED) is 0.557. The van der Waals surface area contributed by atoms with E-state index in [4.69, 9.17) is 28.4 Å². The topological polar surface area (TPSA) is 89.5 Å². The summed E-state index contributed by atoms with van der Waals surface area (Å²) >= 11 is 0. The SMILES string of the molecule is CO[C@H]1O[C@@H]2COC(c3ccccc3)O[C@H]2[C@H](OC(=O)CC(C)C)[C@H]1OC(=O)CC(C)C. The first-order valence-corrected chi connectivity index (χ1v) is 11.2. The van der Waals surface area contributed by atoms with E-state index in [1.807, 2.05) is 58.0 Å². The van der Waals surface area contributed by atoms with Crippen LogP contribution in [0.15, 0.2) is 30.3 Å². The fourth-order valence-corrected chi connectivity index (χ4v) is 3.84. The Balaban J connectivity index is 1.86. The monoisotopic (exact) mass is 450 g/mol. The summed E-state index contributed by atoms with van der Waals surface area (Å²) in [6.07, 6.45) is -4.19.